The van der Waals surface area contributed by atoms with Gasteiger partial charge in [0, 0.05) is 22.7 Å². The number of thiophene rings is 1. The largest absolute Gasteiger partial charge is 0.323 e. The lowest BCUT2D eigenvalue weighted by atomic mass is 10.1. The minimum Gasteiger partial charge on any atom is -0.323 e. The molecule has 0 aliphatic carbocycles. The summed E-state index contributed by atoms with van der Waals surface area (Å²) in [4.78, 5) is 5.51. The average Bonchev–Trinajstić information content (AvgIpc) is 2.75. The Labute approximate surface area is 102 Å². The van der Waals surface area contributed by atoms with Crippen LogP contribution < -0.4 is 5.73 Å². The first kappa shape index (κ1) is 11.1. The molecule has 0 fully saturated rings. The molecule has 0 aliphatic rings. The fourth-order valence-corrected chi connectivity index (χ4v) is 3.04. The number of nitrogens with two attached hydrogens (primary N) is 1. The number of aryl methyl sites for hydroxylation is 1. The van der Waals surface area contributed by atoms with Crippen molar-refractivity contribution in [2.24, 2.45) is 5.73 Å². The third-order valence-electron chi connectivity index (χ3n) is 2.06. The van der Waals surface area contributed by atoms with Gasteiger partial charge in [-0.25, -0.2) is 4.98 Å². The Morgan fingerprint density at radius 1 is 1.53 bits per heavy atom. The molecule has 2 aromatic heterocycles. The molecule has 1 unspecified atom stereocenters. The summed E-state index contributed by atoms with van der Waals surface area (Å²) in [6.45, 7) is 2.00. The second kappa shape index (κ2) is 4.61. The smallest absolute Gasteiger partial charge is 0.0931 e. The number of hydrogen-bond donors (Lipinski definition) is 1. The summed E-state index contributed by atoms with van der Waals surface area (Å²) in [5.74, 6) is 0. The van der Waals surface area contributed by atoms with Crippen molar-refractivity contribution in [3.8, 4) is 0 Å². The highest BCUT2D eigenvalue weighted by Gasteiger charge is 2.11. The van der Waals surface area contributed by atoms with E-state index in [0.717, 1.165) is 26.3 Å². The molecular weight excluding hydrogens is 248 g/mol. The van der Waals surface area contributed by atoms with E-state index in [1.54, 1.807) is 11.3 Å². The van der Waals surface area contributed by atoms with Crippen LogP contribution in [0.15, 0.2) is 17.5 Å². The maximum atomic E-state index is 6.07. The summed E-state index contributed by atoms with van der Waals surface area (Å²) in [5, 5.41) is 3.14. The Balaban J connectivity index is 2.06. The highest BCUT2D eigenvalue weighted by molar-refractivity contribution is 7.16. The third-order valence-corrected chi connectivity index (χ3v) is 4.24. The molecular formula is C10H11ClN2S2. The molecule has 2 rings (SSSR count). The number of thiazole rings is 1. The van der Waals surface area contributed by atoms with E-state index >= 15 is 0 Å². The number of aromatic nitrogens is 1. The molecule has 2 N–H and O–H groups in total. The molecule has 80 valence electrons. The zero-order valence-electron chi connectivity index (χ0n) is 8.24. The lowest BCUT2D eigenvalue weighted by Crippen LogP contribution is -2.11. The maximum absolute atomic E-state index is 6.07. The van der Waals surface area contributed by atoms with E-state index in [1.807, 2.05) is 19.1 Å². The fraction of sp³-hybridized carbons (Fsp3) is 0.300. The minimum atomic E-state index is 0.00370. The van der Waals surface area contributed by atoms with Crippen molar-refractivity contribution in [2.75, 3.05) is 0 Å². The normalized spacial score (nSPS) is 13.0. The van der Waals surface area contributed by atoms with Gasteiger partial charge in [0.2, 0.25) is 0 Å². The molecule has 2 heterocycles. The fourth-order valence-electron chi connectivity index (χ4n) is 1.36. The number of halogens is 1. The van der Waals surface area contributed by atoms with E-state index in [-0.39, 0.29) is 6.04 Å². The first-order valence-corrected chi connectivity index (χ1v) is 6.64. The summed E-state index contributed by atoms with van der Waals surface area (Å²) in [5.41, 5.74) is 7.13. The number of rotatable bonds is 3. The van der Waals surface area contributed by atoms with E-state index in [1.165, 1.54) is 11.3 Å². The van der Waals surface area contributed by atoms with Crippen molar-refractivity contribution in [2.45, 2.75) is 19.4 Å². The van der Waals surface area contributed by atoms with Gasteiger partial charge < -0.3 is 5.73 Å². The summed E-state index contributed by atoms with van der Waals surface area (Å²) < 4.78 is 0.787. The molecule has 1 atom stereocenters. The Bertz CT molecular complexity index is 450. The molecule has 0 saturated heterocycles. The van der Waals surface area contributed by atoms with Crippen LogP contribution in [0, 0.1) is 6.92 Å². The Hall–Kier alpha value is -0.420. The Morgan fingerprint density at radius 2 is 2.33 bits per heavy atom. The van der Waals surface area contributed by atoms with Gasteiger partial charge in [0.1, 0.15) is 0 Å². The standard InChI is InChI=1S/C10H11ClN2S2/c1-6-13-7(5-14-6)4-8(12)9-2-3-10(11)15-9/h2-3,5,8H,4,12H2,1H3. The number of hydrogen-bond acceptors (Lipinski definition) is 4. The molecule has 5 heteroatoms. The van der Waals surface area contributed by atoms with Gasteiger partial charge in [-0.2, -0.15) is 0 Å². The van der Waals surface area contributed by atoms with Gasteiger partial charge in [-0.15, -0.1) is 22.7 Å². The van der Waals surface area contributed by atoms with Gasteiger partial charge in [-0.1, -0.05) is 11.6 Å². The van der Waals surface area contributed by atoms with Gasteiger partial charge in [0.25, 0.3) is 0 Å². The minimum absolute atomic E-state index is 0.00370. The van der Waals surface area contributed by atoms with Crippen LogP contribution in [0.3, 0.4) is 0 Å². The van der Waals surface area contributed by atoms with Crippen LogP contribution in [0.5, 0.6) is 0 Å². The molecule has 0 amide bonds. The molecule has 2 aromatic rings. The molecule has 0 aromatic carbocycles. The molecule has 0 aliphatic heterocycles. The molecule has 0 bridgehead atoms. The molecule has 15 heavy (non-hydrogen) atoms. The van der Waals surface area contributed by atoms with Crippen molar-refractivity contribution in [1.82, 2.24) is 4.98 Å². The summed E-state index contributed by atoms with van der Waals surface area (Å²) in [6, 6.07) is 3.87. The van der Waals surface area contributed by atoms with Gasteiger partial charge in [-0.05, 0) is 19.1 Å². The molecule has 0 radical (unpaired) electrons. The predicted molar refractivity (Wildman–Crippen MR) is 66.8 cm³/mol. The lowest BCUT2D eigenvalue weighted by molar-refractivity contribution is 0.722. The summed E-state index contributed by atoms with van der Waals surface area (Å²) in [6.07, 6.45) is 0.779. The Kier molecular flexibility index (Phi) is 3.41. The average molecular weight is 259 g/mol. The van der Waals surface area contributed by atoms with Crippen LogP contribution in [0.4, 0.5) is 0 Å². The van der Waals surface area contributed by atoms with Crippen LogP contribution in [-0.2, 0) is 6.42 Å². The van der Waals surface area contributed by atoms with Crippen molar-refractivity contribution in [1.29, 1.82) is 0 Å². The van der Waals surface area contributed by atoms with E-state index < -0.39 is 0 Å². The Morgan fingerprint density at radius 3 is 2.87 bits per heavy atom. The van der Waals surface area contributed by atoms with Crippen molar-refractivity contribution >= 4 is 34.3 Å². The number of nitrogens with zero attached hydrogens (tertiary/aromatic N) is 1. The van der Waals surface area contributed by atoms with Gasteiger partial charge in [-0.3, -0.25) is 0 Å². The van der Waals surface area contributed by atoms with Crippen molar-refractivity contribution in [3.63, 3.8) is 0 Å². The van der Waals surface area contributed by atoms with Gasteiger partial charge >= 0.3 is 0 Å². The van der Waals surface area contributed by atoms with E-state index in [9.17, 15) is 0 Å². The van der Waals surface area contributed by atoms with Crippen molar-refractivity contribution in [3.05, 3.63) is 37.4 Å². The SMILES string of the molecule is Cc1nc(CC(N)c2ccc(Cl)s2)cs1. The van der Waals surface area contributed by atoms with Crippen LogP contribution in [-0.4, -0.2) is 4.98 Å². The topological polar surface area (TPSA) is 38.9 Å². The highest BCUT2D eigenvalue weighted by atomic mass is 35.5. The lowest BCUT2D eigenvalue weighted by Gasteiger charge is -2.06. The molecule has 2 nitrogen and oxygen atoms in total. The molecule has 0 saturated carbocycles. The quantitative estimate of drug-likeness (QED) is 0.916. The third kappa shape index (κ3) is 2.78. The van der Waals surface area contributed by atoms with Crippen LogP contribution in [0.1, 0.15) is 21.6 Å². The van der Waals surface area contributed by atoms with E-state index in [2.05, 4.69) is 10.4 Å². The predicted octanol–water partition coefficient (Wildman–Crippen LogP) is 3.41. The summed E-state index contributed by atoms with van der Waals surface area (Å²) >= 11 is 9.06. The monoisotopic (exact) mass is 258 g/mol. The summed E-state index contributed by atoms with van der Waals surface area (Å²) in [7, 11) is 0. The van der Waals surface area contributed by atoms with Crippen molar-refractivity contribution < 1.29 is 0 Å². The van der Waals surface area contributed by atoms with Crippen LogP contribution in [0.2, 0.25) is 4.34 Å². The highest BCUT2D eigenvalue weighted by Crippen LogP contribution is 2.27. The van der Waals surface area contributed by atoms with Crippen LogP contribution >= 0.6 is 34.3 Å². The van der Waals surface area contributed by atoms with Gasteiger partial charge in [0.15, 0.2) is 0 Å². The van der Waals surface area contributed by atoms with Gasteiger partial charge in [0.05, 0.1) is 15.0 Å². The first-order valence-electron chi connectivity index (χ1n) is 4.57. The van der Waals surface area contributed by atoms with Crippen LogP contribution in [0.25, 0.3) is 0 Å². The second-order valence-corrected chi connectivity index (χ2v) is 6.12. The van der Waals surface area contributed by atoms with E-state index in [0.29, 0.717) is 0 Å². The second-order valence-electron chi connectivity index (χ2n) is 3.31. The first-order chi connectivity index (χ1) is 7.15. The maximum Gasteiger partial charge on any atom is 0.0931 e. The van der Waals surface area contributed by atoms with E-state index in [4.69, 9.17) is 17.3 Å². The zero-order chi connectivity index (χ0) is 10.8. The molecule has 0 spiro atoms. The zero-order valence-corrected chi connectivity index (χ0v) is 10.6.